The Labute approximate surface area is 149 Å². The molecule has 128 valence electrons. The Hall–Kier alpha value is -2.47. The first-order valence-corrected chi connectivity index (χ1v) is 9.33. The van der Waals surface area contributed by atoms with Crippen LogP contribution < -0.4 is 5.73 Å². The number of carbonyl (C=O) groups is 1. The van der Waals surface area contributed by atoms with Gasteiger partial charge in [-0.05, 0) is 44.2 Å². The topological polar surface area (TPSA) is 78.1 Å². The van der Waals surface area contributed by atoms with Crippen molar-refractivity contribution in [1.29, 1.82) is 0 Å². The summed E-state index contributed by atoms with van der Waals surface area (Å²) in [5.41, 5.74) is 11.3. The summed E-state index contributed by atoms with van der Waals surface area (Å²) < 4.78 is 5.16. The third kappa shape index (κ3) is 2.66. The van der Waals surface area contributed by atoms with Crippen molar-refractivity contribution in [3.63, 3.8) is 0 Å². The molecular formula is C19H19N3O2S. The Balaban J connectivity index is 2.04. The van der Waals surface area contributed by atoms with Crippen LogP contribution in [-0.2, 0) is 17.6 Å². The molecule has 6 heteroatoms. The van der Waals surface area contributed by atoms with Crippen LogP contribution in [0.5, 0.6) is 0 Å². The lowest BCUT2D eigenvalue weighted by Crippen LogP contribution is -2.08. The number of rotatable bonds is 3. The number of aromatic nitrogens is 2. The van der Waals surface area contributed by atoms with Crippen molar-refractivity contribution in [3.05, 3.63) is 40.7 Å². The molecule has 2 N–H and O–H groups in total. The van der Waals surface area contributed by atoms with Gasteiger partial charge in [0.25, 0.3) is 0 Å². The van der Waals surface area contributed by atoms with Crippen molar-refractivity contribution < 1.29 is 9.53 Å². The predicted octanol–water partition coefficient (Wildman–Crippen LogP) is 4.00. The summed E-state index contributed by atoms with van der Waals surface area (Å²) in [4.78, 5) is 22.6. The number of esters is 1. The van der Waals surface area contributed by atoms with E-state index in [0.717, 1.165) is 52.7 Å². The number of hydrogen-bond acceptors (Lipinski definition) is 6. The SMILES string of the molecule is CCOC(=O)c1sc2nc3c(c(-c4cccnc4)c2c1N)CCCC3. The van der Waals surface area contributed by atoms with E-state index in [0.29, 0.717) is 17.2 Å². The van der Waals surface area contributed by atoms with E-state index in [1.807, 2.05) is 18.3 Å². The molecule has 0 saturated carbocycles. The van der Waals surface area contributed by atoms with Gasteiger partial charge in [0.2, 0.25) is 0 Å². The molecular weight excluding hydrogens is 334 g/mol. The number of carbonyl (C=O) groups excluding carboxylic acids is 1. The summed E-state index contributed by atoms with van der Waals surface area (Å²) >= 11 is 1.32. The Morgan fingerprint density at radius 2 is 2.20 bits per heavy atom. The third-order valence-electron chi connectivity index (χ3n) is 4.56. The van der Waals surface area contributed by atoms with E-state index < -0.39 is 0 Å². The van der Waals surface area contributed by atoms with Crippen LogP contribution in [-0.4, -0.2) is 22.5 Å². The zero-order valence-corrected chi connectivity index (χ0v) is 14.9. The van der Waals surface area contributed by atoms with Gasteiger partial charge in [-0.2, -0.15) is 0 Å². The molecule has 25 heavy (non-hydrogen) atoms. The van der Waals surface area contributed by atoms with Crippen molar-refractivity contribution in [2.24, 2.45) is 0 Å². The second-order valence-electron chi connectivity index (χ2n) is 6.11. The first kappa shape index (κ1) is 16.0. The average molecular weight is 353 g/mol. The molecule has 0 amide bonds. The highest BCUT2D eigenvalue weighted by molar-refractivity contribution is 7.21. The maximum atomic E-state index is 12.3. The summed E-state index contributed by atoms with van der Waals surface area (Å²) in [6.07, 6.45) is 7.84. The zero-order chi connectivity index (χ0) is 17.4. The highest BCUT2D eigenvalue weighted by Gasteiger charge is 2.26. The number of nitrogens with zero attached hydrogens (tertiary/aromatic N) is 2. The Bertz CT molecular complexity index is 950. The number of nitrogens with two attached hydrogens (primary N) is 1. The molecule has 4 rings (SSSR count). The monoisotopic (exact) mass is 353 g/mol. The van der Waals surface area contributed by atoms with Crippen molar-refractivity contribution >= 4 is 33.2 Å². The zero-order valence-electron chi connectivity index (χ0n) is 14.0. The van der Waals surface area contributed by atoms with E-state index in [2.05, 4.69) is 4.98 Å². The minimum absolute atomic E-state index is 0.325. The minimum Gasteiger partial charge on any atom is -0.462 e. The van der Waals surface area contributed by atoms with Crippen LogP contribution in [0, 0.1) is 0 Å². The largest absolute Gasteiger partial charge is 0.462 e. The van der Waals surface area contributed by atoms with Gasteiger partial charge in [0.15, 0.2) is 0 Å². The number of fused-ring (bicyclic) bond motifs is 2. The number of ether oxygens (including phenoxy) is 1. The predicted molar refractivity (Wildman–Crippen MR) is 99.9 cm³/mol. The normalized spacial score (nSPS) is 13.6. The Kier molecular flexibility index (Phi) is 4.13. The molecule has 0 saturated heterocycles. The van der Waals surface area contributed by atoms with Crippen molar-refractivity contribution in [2.75, 3.05) is 12.3 Å². The van der Waals surface area contributed by atoms with Gasteiger partial charge in [0.1, 0.15) is 9.71 Å². The fraction of sp³-hybridized carbons (Fsp3) is 0.316. The van der Waals surface area contributed by atoms with E-state index >= 15 is 0 Å². The minimum atomic E-state index is -0.377. The van der Waals surface area contributed by atoms with Gasteiger partial charge in [-0.3, -0.25) is 4.98 Å². The number of hydrogen-bond donors (Lipinski definition) is 1. The van der Waals surface area contributed by atoms with Crippen LogP contribution >= 0.6 is 11.3 Å². The molecule has 0 spiro atoms. The molecule has 3 aromatic heterocycles. The molecule has 0 unspecified atom stereocenters. The van der Waals surface area contributed by atoms with Crippen LogP contribution in [0.25, 0.3) is 21.3 Å². The summed E-state index contributed by atoms with van der Waals surface area (Å²) in [5.74, 6) is -0.377. The van der Waals surface area contributed by atoms with Crippen molar-refractivity contribution in [2.45, 2.75) is 32.6 Å². The van der Waals surface area contributed by atoms with Gasteiger partial charge in [-0.1, -0.05) is 6.07 Å². The number of pyridine rings is 2. The molecule has 3 heterocycles. The van der Waals surface area contributed by atoms with Gasteiger partial charge in [-0.15, -0.1) is 11.3 Å². The first-order valence-electron chi connectivity index (χ1n) is 8.52. The smallest absolute Gasteiger partial charge is 0.350 e. The molecule has 0 radical (unpaired) electrons. The molecule has 0 bridgehead atoms. The highest BCUT2D eigenvalue weighted by Crippen LogP contribution is 2.43. The van der Waals surface area contributed by atoms with Gasteiger partial charge in [-0.25, -0.2) is 9.78 Å². The fourth-order valence-corrected chi connectivity index (χ4v) is 4.50. The molecule has 1 aliphatic carbocycles. The van der Waals surface area contributed by atoms with Gasteiger partial charge < -0.3 is 10.5 Å². The van der Waals surface area contributed by atoms with Crippen LogP contribution in [0.1, 0.15) is 40.7 Å². The van der Waals surface area contributed by atoms with Gasteiger partial charge >= 0.3 is 5.97 Å². The van der Waals surface area contributed by atoms with E-state index in [1.165, 1.54) is 16.9 Å². The van der Waals surface area contributed by atoms with E-state index in [1.54, 1.807) is 13.1 Å². The van der Waals surface area contributed by atoms with E-state index in [-0.39, 0.29) is 5.97 Å². The molecule has 1 aliphatic rings. The summed E-state index contributed by atoms with van der Waals surface area (Å²) in [5, 5.41) is 0.863. The van der Waals surface area contributed by atoms with Crippen LogP contribution in [0.4, 0.5) is 5.69 Å². The Morgan fingerprint density at radius 3 is 2.96 bits per heavy atom. The average Bonchev–Trinajstić information content (AvgIpc) is 2.97. The van der Waals surface area contributed by atoms with E-state index in [9.17, 15) is 4.79 Å². The lowest BCUT2D eigenvalue weighted by atomic mass is 9.88. The van der Waals surface area contributed by atoms with E-state index in [4.69, 9.17) is 15.5 Å². The lowest BCUT2D eigenvalue weighted by molar-refractivity contribution is 0.0533. The van der Waals surface area contributed by atoms with Crippen LogP contribution in [0.3, 0.4) is 0 Å². The molecule has 5 nitrogen and oxygen atoms in total. The number of aryl methyl sites for hydroxylation is 1. The molecule has 0 aromatic carbocycles. The first-order chi connectivity index (χ1) is 12.2. The summed E-state index contributed by atoms with van der Waals surface area (Å²) in [6.45, 7) is 2.12. The maximum Gasteiger partial charge on any atom is 0.350 e. The molecule has 0 aliphatic heterocycles. The number of thiophene rings is 1. The lowest BCUT2D eigenvalue weighted by Gasteiger charge is -2.20. The second kappa shape index (κ2) is 6.44. The quantitative estimate of drug-likeness (QED) is 0.720. The van der Waals surface area contributed by atoms with Gasteiger partial charge in [0, 0.05) is 34.6 Å². The van der Waals surface area contributed by atoms with Gasteiger partial charge in [0.05, 0.1) is 12.3 Å². The molecule has 3 aromatic rings. The van der Waals surface area contributed by atoms with Crippen LogP contribution in [0.2, 0.25) is 0 Å². The summed E-state index contributed by atoms with van der Waals surface area (Å²) in [7, 11) is 0. The Morgan fingerprint density at radius 1 is 1.36 bits per heavy atom. The highest BCUT2D eigenvalue weighted by atomic mass is 32.1. The molecule has 0 fully saturated rings. The van der Waals surface area contributed by atoms with Crippen molar-refractivity contribution in [3.8, 4) is 11.1 Å². The second-order valence-corrected chi connectivity index (χ2v) is 7.11. The number of anilines is 1. The van der Waals surface area contributed by atoms with Crippen molar-refractivity contribution in [1.82, 2.24) is 9.97 Å². The number of nitrogen functional groups attached to an aromatic ring is 1. The summed E-state index contributed by atoms with van der Waals surface area (Å²) in [6, 6.07) is 3.96. The van der Waals surface area contributed by atoms with Crippen LogP contribution in [0.15, 0.2) is 24.5 Å². The maximum absolute atomic E-state index is 12.3. The fourth-order valence-electron chi connectivity index (χ4n) is 3.48. The molecule has 0 atom stereocenters. The third-order valence-corrected chi connectivity index (χ3v) is 5.64. The standard InChI is InChI=1S/C19H19N3O2S/c1-2-24-19(23)17-16(20)15-14(11-6-5-9-21-10-11)12-7-3-4-8-13(12)22-18(15)25-17/h5-6,9-10H,2-4,7-8,20H2,1H3.